The van der Waals surface area contributed by atoms with Crippen molar-refractivity contribution in [2.75, 3.05) is 20.8 Å². The summed E-state index contributed by atoms with van der Waals surface area (Å²) in [6.45, 7) is 6.92. The fourth-order valence-electron chi connectivity index (χ4n) is 2.33. The van der Waals surface area contributed by atoms with Crippen LogP contribution in [0.15, 0.2) is 18.2 Å². The van der Waals surface area contributed by atoms with Crippen molar-refractivity contribution in [2.24, 2.45) is 5.92 Å². The van der Waals surface area contributed by atoms with Crippen LogP contribution in [-0.4, -0.2) is 32.0 Å². The zero-order chi connectivity index (χ0) is 15.1. The highest BCUT2D eigenvalue weighted by Gasteiger charge is 2.14. The monoisotopic (exact) mass is 281 g/mol. The molecule has 114 valence electrons. The van der Waals surface area contributed by atoms with Crippen molar-refractivity contribution in [3.8, 4) is 11.5 Å². The number of aliphatic hydroxyl groups is 1. The number of ether oxygens (including phenoxy) is 2. The van der Waals surface area contributed by atoms with Gasteiger partial charge in [-0.05, 0) is 50.9 Å². The van der Waals surface area contributed by atoms with Crippen molar-refractivity contribution in [3.05, 3.63) is 23.8 Å². The Morgan fingerprint density at radius 1 is 1.15 bits per heavy atom. The number of nitrogens with one attached hydrogen (secondary N) is 1. The van der Waals surface area contributed by atoms with E-state index in [1.165, 1.54) is 0 Å². The third kappa shape index (κ3) is 5.02. The molecule has 0 spiro atoms. The van der Waals surface area contributed by atoms with Gasteiger partial charge in [-0.2, -0.15) is 0 Å². The Morgan fingerprint density at radius 3 is 2.40 bits per heavy atom. The summed E-state index contributed by atoms with van der Waals surface area (Å²) in [4.78, 5) is 0. The molecule has 2 N–H and O–H groups in total. The average molecular weight is 281 g/mol. The van der Waals surface area contributed by atoms with E-state index in [0.717, 1.165) is 30.0 Å². The first kappa shape index (κ1) is 16.8. The van der Waals surface area contributed by atoms with E-state index in [2.05, 4.69) is 19.2 Å². The molecule has 3 atom stereocenters. The van der Waals surface area contributed by atoms with Gasteiger partial charge in [0.15, 0.2) is 0 Å². The Balaban J connectivity index is 2.68. The first-order valence-electron chi connectivity index (χ1n) is 7.11. The molecule has 0 heterocycles. The Kier molecular flexibility index (Phi) is 6.82. The highest BCUT2D eigenvalue weighted by Crippen LogP contribution is 2.29. The normalized spacial score (nSPS) is 15.5. The Labute approximate surface area is 122 Å². The second-order valence-electron chi connectivity index (χ2n) is 5.43. The van der Waals surface area contributed by atoms with Gasteiger partial charge in [-0.25, -0.2) is 0 Å². The lowest BCUT2D eigenvalue weighted by molar-refractivity contribution is 0.162. The number of rotatable bonds is 8. The lowest BCUT2D eigenvalue weighted by atomic mass is 10.0. The maximum absolute atomic E-state index is 9.39. The maximum Gasteiger partial charge on any atom is 0.123 e. The van der Waals surface area contributed by atoms with Gasteiger partial charge in [-0.15, -0.1) is 0 Å². The molecule has 0 bridgehead atoms. The van der Waals surface area contributed by atoms with Gasteiger partial charge in [0.1, 0.15) is 11.5 Å². The summed E-state index contributed by atoms with van der Waals surface area (Å²) in [6, 6.07) is 5.98. The lowest BCUT2D eigenvalue weighted by Crippen LogP contribution is -2.26. The third-order valence-electron chi connectivity index (χ3n) is 3.42. The quantitative estimate of drug-likeness (QED) is 0.769. The molecule has 0 radical (unpaired) electrons. The standard InChI is InChI=1S/C16H27NO3/c1-11(8-12(2)18)10-17-13(3)15-9-14(19-4)6-7-16(15)20-5/h6-7,9,11-13,17-18H,8,10H2,1-5H3. The van der Waals surface area contributed by atoms with Crippen LogP contribution in [0.4, 0.5) is 0 Å². The molecule has 0 aliphatic rings. The maximum atomic E-state index is 9.39. The first-order valence-corrected chi connectivity index (χ1v) is 7.11. The predicted octanol–water partition coefficient (Wildman–Crippen LogP) is 2.76. The van der Waals surface area contributed by atoms with E-state index in [1.54, 1.807) is 14.2 Å². The predicted molar refractivity (Wildman–Crippen MR) is 81.4 cm³/mol. The van der Waals surface area contributed by atoms with Crippen molar-refractivity contribution in [2.45, 2.75) is 39.3 Å². The molecule has 0 aliphatic carbocycles. The van der Waals surface area contributed by atoms with Crippen molar-refractivity contribution in [1.29, 1.82) is 0 Å². The molecular weight excluding hydrogens is 254 g/mol. The molecule has 0 aliphatic heterocycles. The molecule has 0 fully saturated rings. The molecule has 0 aromatic heterocycles. The van der Waals surface area contributed by atoms with Crippen LogP contribution in [0.25, 0.3) is 0 Å². The van der Waals surface area contributed by atoms with E-state index in [-0.39, 0.29) is 12.1 Å². The van der Waals surface area contributed by atoms with Crippen LogP contribution in [0.3, 0.4) is 0 Å². The zero-order valence-corrected chi connectivity index (χ0v) is 13.1. The van der Waals surface area contributed by atoms with E-state index in [9.17, 15) is 5.11 Å². The second kappa shape index (κ2) is 8.12. The van der Waals surface area contributed by atoms with E-state index < -0.39 is 0 Å². The summed E-state index contributed by atoms with van der Waals surface area (Å²) in [5.41, 5.74) is 1.08. The molecule has 4 heteroatoms. The van der Waals surface area contributed by atoms with Gasteiger partial charge >= 0.3 is 0 Å². The second-order valence-corrected chi connectivity index (χ2v) is 5.43. The fourth-order valence-corrected chi connectivity index (χ4v) is 2.33. The smallest absolute Gasteiger partial charge is 0.123 e. The van der Waals surface area contributed by atoms with Gasteiger partial charge in [0.2, 0.25) is 0 Å². The van der Waals surface area contributed by atoms with Crippen LogP contribution in [0.1, 0.15) is 38.8 Å². The van der Waals surface area contributed by atoms with Gasteiger partial charge < -0.3 is 19.9 Å². The average Bonchev–Trinajstić information content (AvgIpc) is 2.43. The first-order chi connectivity index (χ1) is 9.47. The molecule has 4 nitrogen and oxygen atoms in total. The molecular formula is C16H27NO3. The molecule has 1 rings (SSSR count). The summed E-state index contributed by atoms with van der Waals surface area (Å²) < 4.78 is 10.7. The Hall–Kier alpha value is -1.26. The van der Waals surface area contributed by atoms with Gasteiger partial charge in [0.25, 0.3) is 0 Å². The van der Waals surface area contributed by atoms with Crippen molar-refractivity contribution < 1.29 is 14.6 Å². The number of methoxy groups -OCH3 is 2. The zero-order valence-electron chi connectivity index (χ0n) is 13.1. The minimum atomic E-state index is -0.256. The largest absolute Gasteiger partial charge is 0.497 e. The molecule has 0 saturated carbocycles. The highest BCUT2D eigenvalue weighted by molar-refractivity contribution is 5.42. The van der Waals surface area contributed by atoms with Gasteiger partial charge in [0.05, 0.1) is 20.3 Å². The van der Waals surface area contributed by atoms with Crippen LogP contribution in [0.2, 0.25) is 0 Å². The fraction of sp³-hybridized carbons (Fsp3) is 0.625. The molecule has 1 aromatic carbocycles. The van der Waals surface area contributed by atoms with Gasteiger partial charge in [0, 0.05) is 11.6 Å². The Morgan fingerprint density at radius 2 is 1.85 bits per heavy atom. The molecule has 1 aromatic rings. The summed E-state index contributed by atoms with van der Waals surface area (Å²) in [7, 11) is 3.34. The number of hydrogen-bond donors (Lipinski definition) is 2. The minimum Gasteiger partial charge on any atom is -0.497 e. The highest BCUT2D eigenvalue weighted by atomic mass is 16.5. The molecule has 0 amide bonds. The molecule has 20 heavy (non-hydrogen) atoms. The van der Waals surface area contributed by atoms with Gasteiger partial charge in [-0.1, -0.05) is 6.92 Å². The number of benzene rings is 1. The van der Waals surface area contributed by atoms with Crippen molar-refractivity contribution in [3.63, 3.8) is 0 Å². The van der Waals surface area contributed by atoms with Crippen molar-refractivity contribution >= 4 is 0 Å². The van der Waals surface area contributed by atoms with E-state index in [4.69, 9.17) is 9.47 Å². The summed E-state index contributed by atoms with van der Waals surface area (Å²) in [6.07, 6.45) is 0.545. The summed E-state index contributed by atoms with van der Waals surface area (Å²) >= 11 is 0. The Bertz CT molecular complexity index is 407. The number of hydrogen-bond acceptors (Lipinski definition) is 4. The van der Waals surface area contributed by atoms with Crippen LogP contribution in [0.5, 0.6) is 11.5 Å². The topological polar surface area (TPSA) is 50.7 Å². The van der Waals surface area contributed by atoms with Crippen LogP contribution >= 0.6 is 0 Å². The van der Waals surface area contributed by atoms with Crippen LogP contribution in [-0.2, 0) is 0 Å². The summed E-state index contributed by atoms with van der Waals surface area (Å²) in [5, 5.41) is 12.9. The summed E-state index contributed by atoms with van der Waals surface area (Å²) in [5.74, 6) is 2.11. The number of aliphatic hydroxyl groups excluding tert-OH is 1. The molecule has 0 saturated heterocycles. The lowest BCUT2D eigenvalue weighted by Gasteiger charge is -2.21. The minimum absolute atomic E-state index is 0.163. The van der Waals surface area contributed by atoms with E-state index in [0.29, 0.717) is 5.92 Å². The van der Waals surface area contributed by atoms with E-state index >= 15 is 0 Å². The third-order valence-corrected chi connectivity index (χ3v) is 3.42. The molecule has 3 unspecified atom stereocenters. The SMILES string of the molecule is COc1ccc(OC)c(C(C)NCC(C)CC(C)O)c1. The van der Waals surface area contributed by atoms with E-state index in [1.807, 2.05) is 25.1 Å². The van der Waals surface area contributed by atoms with Crippen LogP contribution in [0, 0.1) is 5.92 Å². The van der Waals surface area contributed by atoms with Crippen molar-refractivity contribution in [1.82, 2.24) is 5.32 Å². The van der Waals surface area contributed by atoms with Gasteiger partial charge in [-0.3, -0.25) is 0 Å². The van der Waals surface area contributed by atoms with Crippen LogP contribution < -0.4 is 14.8 Å².